The number of hydrogen-bond donors (Lipinski definition) is 2. The number of nitrogens with one attached hydrogen (secondary N) is 2. The molecule has 0 atom stereocenters. The highest BCUT2D eigenvalue weighted by Gasteiger charge is 2.03. The number of guanidine groups is 1. The van der Waals surface area contributed by atoms with Crippen LogP contribution in [0.3, 0.4) is 0 Å². The Hall–Kier alpha value is -1.25. The Morgan fingerprint density at radius 1 is 1.00 bits per heavy atom. The van der Waals surface area contributed by atoms with Crippen molar-refractivity contribution in [1.82, 2.24) is 10.6 Å². The third-order valence-electron chi connectivity index (χ3n) is 3.66. The second-order valence-corrected chi connectivity index (χ2v) is 6.59. The van der Waals surface area contributed by atoms with Crippen LogP contribution < -0.4 is 10.6 Å². The fraction of sp³-hybridized carbons (Fsp3) is 0.350. The van der Waals surface area contributed by atoms with Crippen LogP contribution in [-0.2, 0) is 17.9 Å². The summed E-state index contributed by atoms with van der Waals surface area (Å²) in [5, 5.41) is 6.73. The van der Waals surface area contributed by atoms with E-state index in [4.69, 9.17) is 4.74 Å². The molecule has 0 saturated heterocycles. The maximum Gasteiger partial charge on any atom is 0.191 e. The normalized spacial score (nSPS) is 10.9. The zero-order chi connectivity index (χ0) is 17.7. The van der Waals surface area contributed by atoms with Gasteiger partial charge >= 0.3 is 0 Å². The van der Waals surface area contributed by atoms with Gasteiger partial charge < -0.3 is 15.4 Å². The van der Waals surface area contributed by atoms with Gasteiger partial charge in [0, 0.05) is 37.4 Å². The van der Waals surface area contributed by atoms with Crippen molar-refractivity contribution in [1.29, 1.82) is 0 Å². The van der Waals surface area contributed by atoms with Gasteiger partial charge in [-0.3, -0.25) is 4.99 Å². The van der Waals surface area contributed by atoms with Crippen LogP contribution in [-0.4, -0.2) is 31.9 Å². The van der Waals surface area contributed by atoms with E-state index in [0.29, 0.717) is 6.61 Å². The molecule has 0 heterocycles. The second kappa shape index (κ2) is 13.9. The molecule has 0 unspecified atom stereocenters. The minimum Gasteiger partial charge on any atom is -0.377 e. The van der Waals surface area contributed by atoms with Crippen LogP contribution >= 0.6 is 35.7 Å². The summed E-state index contributed by atoms with van der Waals surface area (Å²) in [6.07, 6.45) is 0. The SMILES string of the molecule is CCOCc1ccccc1CNC(=NC)NCCSc1ccccc1.I. The molecule has 0 fully saturated rings. The number of ether oxygens (including phenoxy) is 1. The van der Waals surface area contributed by atoms with Crippen LogP contribution in [0.2, 0.25) is 0 Å². The molecule has 0 amide bonds. The van der Waals surface area contributed by atoms with E-state index in [9.17, 15) is 0 Å². The van der Waals surface area contributed by atoms with Gasteiger partial charge in [0.1, 0.15) is 0 Å². The molecular formula is C20H28IN3OS. The fourth-order valence-electron chi connectivity index (χ4n) is 2.34. The molecule has 2 rings (SSSR count). The van der Waals surface area contributed by atoms with Crippen molar-refractivity contribution < 1.29 is 4.74 Å². The first kappa shape index (κ1) is 22.8. The zero-order valence-corrected chi connectivity index (χ0v) is 18.6. The van der Waals surface area contributed by atoms with E-state index < -0.39 is 0 Å². The van der Waals surface area contributed by atoms with Gasteiger partial charge in [0.25, 0.3) is 0 Å². The fourth-order valence-corrected chi connectivity index (χ4v) is 3.13. The summed E-state index contributed by atoms with van der Waals surface area (Å²) in [6, 6.07) is 18.8. The molecule has 6 heteroatoms. The van der Waals surface area contributed by atoms with Crippen LogP contribution in [0.4, 0.5) is 0 Å². The highest BCUT2D eigenvalue weighted by molar-refractivity contribution is 14.0. The molecule has 0 aliphatic rings. The molecule has 0 spiro atoms. The standard InChI is InChI=1S/C20H27N3OS.HI/c1-3-24-16-18-10-8-7-9-17(18)15-23-20(21-2)22-13-14-25-19-11-5-4-6-12-19;/h4-12H,3,13-16H2,1-2H3,(H2,21,22,23);1H. The minimum absolute atomic E-state index is 0. The molecule has 0 saturated carbocycles. The lowest BCUT2D eigenvalue weighted by Crippen LogP contribution is -2.38. The maximum absolute atomic E-state index is 5.54. The highest BCUT2D eigenvalue weighted by atomic mass is 127. The Labute approximate surface area is 178 Å². The third kappa shape index (κ3) is 8.42. The first-order valence-electron chi connectivity index (χ1n) is 8.60. The smallest absolute Gasteiger partial charge is 0.191 e. The van der Waals surface area contributed by atoms with Crippen molar-refractivity contribution in [2.24, 2.45) is 4.99 Å². The maximum atomic E-state index is 5.54. The average molecular weight is 485 g/mol. The lowest BCUT2D eigenvalue weighted by Gasteiger charge is -2.14. The quantitative estimate of drug-likeness (QED) is 0.183. The van der Waals surface area contributed by atoms with E-state index in [1.165, 1.54) is 16.0 Å². The summed E-state index contributed by atoms with van der Waals surface area (Å²) >= 11 is 1.84. The van der Waals surface area contributed by atoms with Crippen molar-refractivity contribution in [3.8, 4) is 0 Å². The third-order valence-corrected chi connectivity index (χ3v) is 4.67. The summed E-state index contributed by atoms with van der Waals surface area (Å²) in [6.45, 7) is 4.98. The predicted molar refractivity (Wildman–Crippen MR) is 123 cm³/mol. The highest BCUT2D eigenvalue weighted by Crippen LogP contribution is 2.15. The number of thioether (sulfide) groups is 1. The Kier molecular flexibility index (Phi) is 12.2. The number of hydrogen-bond acceptors (Lipinski definition) is 3. The number of nitrogens with zero attached hydrogens (tertiary/aromatic N) is 1. The summed E-state index contributed by atoms with van der Waals surface area (Å²) < 4.78 is 5.54. The Bertz CT molecular complexity index is 653. The summed E-state index contributed by atoms with van der Waals surface area (Å²) in [7, 11) is 1.80. The molecule has 2 aromatic carbocycles. The molecule has 2 aromatic rings. The molecule has 142 valence electrons. The summed E-state index contributed by atoms with van der Waals surface area (Å²) in [4.78, 5) is 5.58. The molecule has 0 aromatic heterocycles. The van der Waals surface area contributed by atoms with Gasteiger partial charge in [-0.05, 0) is 30.2 Å². The first-order valence-corrected chi connectivity index (χ1v) is 9.59. The van der Waals surface area contributed by atoms with Gasteiger partial charge in [-0.15, -0.1) is 35.7 Å². The van der Waals surface area contributed by atoms with Gasteiger partial charge in [0.15, 0.2) is 5.96 Å². The van der Waals surface area contributed by atoms with E-state index in [-0.39, 0.29) is 24.0 Å². The number of aliphatic imine (C=N–C) groups is 1. The molecule has 2 N–H and O–H groups in total. The molecular weight excluding hydrogens is 457 g/mol. The van der Waals surface area contributed by atoms with Crippen molar-refractivity contribution in [3.63, 3.8) is 0 Å². The summed E-state index contributed by atoms with van der Waals surface area (Å²) in [5.41, 5.74) is 2.45. The minimum atomic E-state index is 0. The molecule has 0 aliphatic carbocycles. The molecule has 4 nitrogen and oxygen atoms in total. The Morgan fingerprint density at radius 2 is 1.69 bits per heavy atom. The summed E-state index contributed by atoms with van der Waals surface area (Å²) in [5.74, 6) is 1.81. The molecule has 0 aliphatic heterocycles. The van der Waals surface area contributed by atoms with E-state index in [1.807, 2.05) is 30.8 Å². The van der Waals surface area contributed by atoms with Crippen LogP contribution in [0.15, 0.2) is 64.5 Å². The number of halogens is 1. The topological polar surface area (TPSA) is 45.6 Å². The number of rotatable bonds is 9. The van der Waals surface area contributed by atoms with Gasteiger partial charge in [-0.2, -0.15) is 0 Å². The monoisotopic (exact) mass is 485 g/mol. The first-order chi connectivity index (χ1) is 12.3. The van der Waals surface area contributed by atoms with E-state index in [2.05, 4.69) is 58.1 Å². The van der Waals surface area contributed by atoms with Gasteiger partial charge in [0.2, 0.25) is 0 Å². The van der Waals surface area contributed by atoms with Crippen LogP contribution in [0, 0.1) is 0 Å². The molecule has 0 bridgehead atoms. The van der Waals surface area contributed by atoms with E-state index >= 15 is 0 Å². The van der Waals surface area contributed by atoms with Crippen LogP contribution in [0.1, 0.15) is 18.1 Å². The lowest BCUT2D eigenvalue weighted by molar-refractivity contribution is 0.133. The van der Waals surface area contributed by atoms with Crippen LogP contribution in [0.5, 0.6) is 0 Å². The van der Waals surface area contributed by atoms with Crippen molar-refractivity contribution in [3.05, 3.63) is 65.7 Å². The van der Waals surface area contributed by atoms with Gasteiger partial charge in [0.05, 0.1) is 6.61 Å². The zero-order valence-electron chi connectivity index (χ0n) is 15.4. The van der Waals surface area contributed by atoms with E-state index in [0.717, 1.165) is 31.4 Å². The van der Waals surface area contributed by atoms with Crippen molar-refractivity contribution in [2.75, 3.05) is 26.0 Å². The van der Waals surface area contributed by atoms with Gasteiger partial charge in [-0.25, -0.2) is 0 Å². The Balaban J connectivity index is 0.00000338. The second-order valence-electron chi connectivity index (χ2n) is 5.42. The van der Waals surface area contributed by atoms with Crippen molar-refractivity contribution in [2.45, 2.75) is 25.0 Å². The predicted octanol–water partition coefficient (Wildman–Crippen LogP) is 4.30. The van der Waals surface area contributed by atoms with E-state index in [1.54, 1.807) is 7.05 Å². The molecule has 0 radical (unpaired) electrons. The van der Waals surface area contributed by atoms with Gasteiger partial charge in [-0.1, -0.05) is 42.5 Å². The largest absolute Gasteiger partial charge is 0.377 e. The Morgan fingerprint density at radius 3 is 2.38 bits per heavy atom. The molecule has 26 heavy (non-hydrogen) atoms. The number of benzene rings is 2. The van der Waals surface area contributed by atoms with Crippen molar-refractivity contribution >= 4 is 41.7 Å². The van der Waals surface area contributed by atoms with Crippen LogP contribution in [0.25, 0.3) is 0 Å². The lowest BCUT2D eigenvalue weighted by atomic mass is 10.1. The average Bonchev–Trinajstić information content (AvgIpc) is 2.67.